The molecule has 0 aliphatic carbocycles. The summed E-state index contributed by atoms with van der Waals surface area (Å²) in [6, 6.07) is 0.692. The minimum Gasteiger partial charge on any atom is -0.344 e. The molecule has 2 saturated heterocycles. The monoisotopic (exact) mass is 399 g/mol. The maximum absolute atomic E-state index is 12.5. The van der Waals surface area contributed by atoms with Gasteiger partial charge in [0.15, 0.2) is 11.5 Å². The Hall–Kier alpha value is -2.10. The zero-order chi connectivity index (χ0) is 19.4. The van der Waals surface area contributed by atoms with E-state index in [0.717, 1.165) is 58.3 Å². The minimum absolute atomic E-state index is 0.00724. The Balaban J connectivity index is 1.47. The highest BCUT2D eigenvalue weighted by Gasteiger charge is 2.31. The molecule has 2 aliphatic heterocycles. The maximum atomic E-state index is 12.5. The van der Waals surface area contributed by atoms with Gasteiger partial charge in [-0.1, -0.05) is 0 Å². The molecule has 3 aromatic rings. The highest BCUT2D eigenvalue weighted by molar-refractivity contribution is 7.20. The molecular formula is C19H25N7OS. The molecule has 2 fully saturated rings. The summed E-state index contributed by atoms with van der Waals surface area (Å²) in [6.45, 7) is 7.30. The fraction of sp³-hybridized carbons (Fsp3) is 0.579. The van der Waals surface area contributed by atoms with Crippen LogP contribution in [0.5, 0.6) is 0 Å². The molecule has 0 bridgehead atoms. The first kappa shape index (κ1) is 18.0. The standard InChI is InChI=1S/C19H25N7OS/c1-12-15-17-21-14(10-24-7-8-25-6-4-5-13(25)9-24)22-26(17)11-20-18(15)28-16(12)19(27)23(2)3/h11,13H,4-10H2,1-3H3. The van der Waals surface area contributed by atoms with Crippen LogP contribution in [0.25, 0.3) is 15.9 Å². The van der Waals surface area contributed by atoms with Crippen molar-refractivity contribution in [2.75, 3.05) is 40.3 Å². The SMILES string of the molecule is Cc1c(C(=O)N(C)C)sc2ncn3nc(CN4CCN5CCCC5C4)nc3c12. The molecule has 1 amide bonds. The number of aryl methyl sites for hydroxylation is 1. The normalized spacial score (nSPS) is 20.9. The van der Waals surface area contributed by atoms with Gasteiger partial charge in [-0.15, -0.1) is 16.4 Å². The zero-order valence-electron chi connectivity index (χ0n) is 16.6. The van der Waals surface area contributed by atoms with Gasteiger partial charge in [-0.05, 0) is 31.9 Å². The van der Waals surface area contributed by atoms with Gasteiger partial charge in [0.2, 0.25) is 0 Å². The Morgan fingerprint density at radius 3 is 3.00 bits per heavy atom. The van der Waals surface area contributed by atoms with Crippen LogP contribution in [0.1, 0.15) is 33.9 Å². The van der Waals surface area contributed by atoms with Crippen molar-refractivity contribution < 1.29 is 4.79 Å². The smallest absolute Gasteiger partial charge is 0.263 e. The Labute approximate surface area is 167 Å². The molecule has 148 valence electrons. The van der Waals surface area contributed by atoms with Crippen LogP contribution in [-0.2, 0) is 6.54 Å². The lowest BCUT2D eigenvalue weighted by atomic mass is 10.1. The van der Waals surface area contributed by atoms with E-state index in [0.29, 0.717) is 6.04 Å². The van der Waals surface area contributed by atoms with Gasteiger partial charge in [0, 0.05) is 39.8 Å². The lowest BCUT2D eigenvalue weighted by molar-refractivity contribution is 0.0831. The third-order valence-electron chi connectivity index (χ3n) is 5.95. The average molecular weight is 400 g/mol. The highest BCUT2D eigenvalue weighted by Crippen LogP contribution is 2.32. The van der Waals surface area contributed by atoms with Crippen LogP contribution in [0.2, 0.25) is 0 Å². The Bertz CT molecular complexity index is 1060. The predicted molar refractivity (Wildman–Crippen MR) is 109 cm³/mol. The molecule has 5 heterocycles. The summed E-state index contributed by atoms with van der Waals surface area (Å²) in [4.78, 5) is 30.1. The average Bonchev–Trinajstić information content (AvgIpc) is 3.37. The van der Waals surface area contributed by atoms with E-state index in [4.69, 9.17) is 4.98 Å². The summed E-state index contributed by atoms with van der Waals surface area (Å²) in [7, 11) is 3.54. The van der Waals surface area contributed by atoms with Gasteiger partial charge < -0.3 is 4.90 Å². The molecule has 3 aromatic heterocycles. The van der Waals surface area contributed by atoms with E-state index >= 15 is 0 Å². The second kappa shape index (κ2) is 6.75. The number of rotatable bonds is 3. The fourth-order valence-electron chi connectivity index (χ4n) is 4.45. The lowest BCUT2D eigenvalue weighted by Crippen LogP contribution is -2.49. The number of carbonyl (C=O) groups is 1. The van der Waals surface area contributed by atoms with E-state index < -0.39 is 0 Å². The predicted octanol–water partition coefficient (Wildman–Crippen LogP) is 1.63. The number of thiophene rings is 1. The van der Waals surface area contributed by atoms with E-state index in [9.17, 15) is 4.79 Å². The Morgan fingerprint density at radius 1 is 1.32 bits per heavy atom. The second-order valence-corrected chi connectivity index (χ2v) is 9.04. The van der Waals surface area contributed by atoms with Crippen molar-refractivity contribution in [3.05, 3.63) is 22.6 Å². The third-order valence-corrected chi connectivity index (χ3v) is 7.14. The van der Waals surface area contributed by atoms with Gasteiger partial charge in [-0.2, -0.15) is 0 Å². The molecule has 5 rings (SSSR count). The molecule has 1 atom stereocenters. The molecule has 2 aliphatic rings. The van der Waals surface area contributed by atoms with Gasteiger partial charge in [-0.3, -0.25) is 14.6 Å². The zero-order valence-corrected chi connectivity index (χ0v) is 17.4. The first-order valence-electron chi connectivity index (χ1n) is 9.82. The van der Waals surface area contributed by atoms with Crippen LogP contribution in [0.15, 0.2) is 6.33 Å². The third kappa shape index (κ3) is 2.89. The lowest BCUT2D eigenvalue weighted by Gasteiger charge is -2.36. The Morgan fingerprint density at radius 2 is 2.18 bits per heavy atom. The van der Waals surface area contributed by atoms with E-state index in [1.165, 1.54) is 30.7 Å². The topological polar surface area (TPSA) is 69.9 Å². The minimum atomic E-state index is 0.00724. The molecule has 28 heavy (non-hydrogen) atoms. The number of hydrogen-bond donors (Lipinski definition) is 0. The molecule has 8 nitrogen and oxygen atoms in total. The summed E-state index contributed by atoms with van der Waals surface area (Å²) in [6.07, 6.45) is 4.33. The maximum Gasteiger partial charge on any atom is 0.263 e. The summed E-state index contributed by atoms with van der Waals surface area (Å²) in [5.74, 6) is 0.833. The van der Waals surface area contributed by atoms with E-state index in [1.807, 2.05) is 6.92 Å². The molecule has 0 spiro atoms. The number of hydrogen-bond acceptors (Lipinski definition) is 7. The number of nitrogens with zero attached hydrogens (tertiary/aromatic N) is 7. The van der Waals surface area contributed by atoms with Crippen molar-refractivity contribution >= 4 is 33.1 Å². The van der Waals surface area contributed by atoms with Gasteiger partial charge >= 0.3 is 0 Å². The van der Waals surface area contributed by atoms with Crippen LogP contribution in [0.4, 0.5) is 0 Å². The van der Waals surface area contributed by atoms with Gasteiger partial charge in [0.05, 0.1) is 16.8 Å². The van der Waals surface area contributed by atoms with Crippen molar-refractivity contribution in [3.63, 3.8) is 0 Å². The second-order valence-electron chi connectivity index (χ2n) is 8.04. The quantitative estimate of drug-likeness (QED) is 0.667. The van der Waals surface area contributed by atoms with E-state index in [2.05, 4.69) is 19.9 Å². The van der Waals surface area contributed by atoms with E-state index in [1.54, 1.807) is 29.8 Å². The van der Waals surface area contributed by atoms with Crippen molar-refractivity contribution in [3.8, 4) is 0 Å². The molecule has 1 unspecified atom stereocenters. The van der Waals surface area contributed by atoms with Crippen molar-refractivity contribution in [2.45, 2.75) is 32.4 Å². The van der Waals surface area contributed by atoms with Crippen LogP contribution < -0.4 is 0 Å². The van der Waals surface area contributed by atoms with Gasteiger partial charge in [0.25, 0.3) is 5.91 Å². The van der Waals surface area contributed by atoms with Crippen molar-refractivity contribution in [2.24, 2.45) is 0 Å². The largest absolute Gasteiger partial charge is 0.344 e. The van der Waals surface area contributed by atoms with Crippen molar-refractivity contribution in [1.82, 2.24) is 34.3 Å². The molecule has 0 aromatic carbocycles. The molecule has 0 radical (unpaired) electrons. The molecule has 0 saturated carbocycles. The van der Waals surface area contributed by atoms with Crippen LogP contribution in [0.3, 0.4) is 0 Å². The van der Waals surface area contributed by atoms with Gasteiger partial charge in [-0.25, -0.2) is 14.5 Å². The summed E-state index contributed by atoms with van der Waals surface area (Å²) in [5.41, 5.74) is 1.74. The molecule has 0 N–H and O–H groups in total. The first-order valence-corrected chi connectivity index (χ1v) is 10.6. The Kier molecular flexibility index (Phi) is 4.33. The number of carbonyl (C=O) groups excluding carboxylic acids is 1. The summed E-state index contributed by atoms with van der Waals surface area (Å²) < 4.78 is 1.76. The summed E-state index contributed by atoms with van der Waals surface area (Å²) in [5, 5.41) is 5.61. The van der Waals surface area contributed by atoms with Gasteiger partial charge in [0.1, 0.15) is 11.2 Å². The van der Waals surface area contributed by atoms with E-state index in [-0.39, 0.29) is 5.91 Å². The molecular weight excluding hydrogens is 374 g/mol. The number of fused-ring (bicyclic) bond motifs is 4. The number of piperazine rings is 1. The van der Waals surface area contributed by atoms with Crippen LogP contribution in [0, 0.1) is 6.92 Å². The highest BCUT2D eigenvalue weighted by atomic mass is 32.1. The summed E-state index contributed by atoms with van der Waals surface area (Å²) >= 11 is 1.43. The molecule has 9 heteroatoms. The first-order chi connectivity index (χ1) is 13.5. The van der Waals surface area contributed by atoms with Crippen molar-refractivity contribution in [1.29, 1.82) is 0 Å². The van der Waals surface area contributed by atoms with Crippen LogP contribution in [-0.4, -0.2) is 86.5 Å². The fourth-order valence-corrected chi connectivity index (χ4v) is 5.62. The number of amides is 1. The number of aromatic nitrogens is 4. The van der Waals surface area contributed by atoms with Crippen LogP contribution >= 0.6 is 11.3 Å².